The van der Waals surface area contributed by atoms with Crippen molar-refractivity contribution in [3.8, 4) is 0 Å². The number of aryl methyl sites for hydroxylation is 1. The standard InChI is InChI=1S/C13H13NO3/c15-12-7-9-14(8-3-6-13(16)17)11-5-2-1-4-10(11)12/h1-2,4-5,7,9H,3,6,8H2,(H,16,17). The lowest BCUT2D eigenvalue weighted by atomic mass is 10.2. The fourth-order valence-electron chi connectivity index (χ4n) is 1.86. The van der Waals surface area contributed by atoms with Crippen molar-refractivity contribution in [3.63, 3.8) is 0 Å². The first-order valence-electron chi connectivity index (χ1n) is 5.48. The maximum Gasteiger partial charge on any atom is 0.303 e. The highest BCUT2D eigenvalue weighted by atomic mass is 16.4. The fourth-order valence-corrected chi connectivity index (χ4v) is 1.86. The van der Waals surface area contributed by atoms with E-state index in [9.17, 15) is 9.59 Å². The van der Waals surface area contributed by atoms with Crippen molar-refractivity contribution in [1.29, 1.82) is 0 Å². The molecule has 0 unspecified atom stereocenters. The maximum absolute atomic E-state index is 11.6. The molecule has 1 heterocycles. The molecule has 0 amide bonds. The van der Waals surface area contributed by atoms with Crippen molar-refractivity contribution in [2.45, 2.75) is 19.4 Å². The third kappa shape index (κ3) is 2.53. The van der Waals surface area contributed by atoms with E-state index in [1.807, 2.05) is 22.8 Å². The molecule has 1 aromatic heterocycles. The number of pyridine rings is 1. The van der Waals surface area contributed by atoms with E-state index >= 15 is 0 Å². The molecule has 1 aromatic carbocycles. The van der Waals surface area contributed by atoms with Gasteiger partial charge in [-0.3, -0.25) is 9.59 Å². The van der Waals surface area contributed by atoms with Crippen molar-refractivity contribution in [3.05, 3.63) is 46.8 Å². The van der Waals surface area contributed by atoms with Gasteiger partial charge in [0, 0.05) is 30.6 Å². The number of aliphatic carboxylic acids is 1. The van der Waals surface area contributed by atoms with Gasteiger partial charge in [-0.25, -0.2) is 0 Å². The molecule has 0 radical (unpaired) electrons. The average molecular weight is 231 g/mol. The van der Waals surface area contributed by atoms with E-state index in [1.54, 1.807) is 12.3 Å². The zero-order valence-corrected chi connectivity index (χ0v) is 9.30. The maximum atomic E-state index is 11.6. The number of carboxylic acid groups (broad SMARTS) is 1. The van der Waals surface area contributed by atoms with Gasteiger partial charge in [-0.05, 0) is 18.6 Å². The second-order valence-corrected chi connectivity index (χ2v) is 3.89. The molecule has 4 nitrogen and oxygen atoms in total. The molecule has 0 aliphatic carbocycles. The molecule has 88 valence electrons. The molecular formula is C13H13NO3. The number of carbonyl (C=O) groups is 1. The molecule has 0 saturated carbocycles. The monoisotopic (exact) mass is 231 g/mol. The van der Waals surface area contributed by atoms with Gasteiger partial charge in [-0.1, -0.05) is 12.1 Å². The number of benzene rings is 1. The first-order chi connectivity index (χ1) is 8.18. The van der Waals surface area contributed by atoms with Gasteiger partial charge in [-0.15, -0.1) is 0 Å². The summed E-state index contributed by atoms with van der Waals surface area (Å²) in [6, 6.07) is 8.87. The van der Waals surface area contributed by atoms with E-state index in [2.05, 4.69) is 0 Å². The van der Waals surface area contributed by atoms with Gasteiger partial charge >= 0.3 is 5.97 Å². The SMILES string of the molecule is O=C(O)CCCn1ccc(=O)c2ccccc21. The zero-order valence-electron chi connectivity index (χ0n) is 9.30. The Morgan fingerprint density at radius 2 is 2.00 bits per heavy atom. The average Bonchev–Trinajstić information content (AvgIpc) is 2.32. The summed E-state index contributed by atoms with van der Waals surface area (Å²) < 4.78 is 1.92. The predicted molar refractivity (Wildman–Crippen MR) is 65.1 cm³/mol. The Kier molecular flexibility index (Phi) is 3.23. The topological polar surface area (TPSA) is 59.3 Å². The lowest BCUT2D eigenvalue weighted by molar-refractivity contribution is -0.137. The van der Waals surface area contributed by atoms with Crippen molar-refractivity contribution < 1.29 is 9.90 Å². The molecule has 0 aliphatic heterocycles. The van der Waals surface area contributed by atoms with E-state index in [4.69, 9.17) is 5.11 Å². The summed E-state index contributed by atoms with van der Waals surface area (Å²) in [6.07, 6.45) is 2.41. The van der Waals surface area contributed by atoms with Gasteiger partial charge in [0.1, 0.15) is 0 Å². The molecule has 0 bridgehead atoms. The Hall–Kier alpha value is -2.10. The van der Waals surface area contributed by atoms with Crippen LogP contribution in [0.2, 0.25) is 0 Å². The van der Waals surface area contributed by atoms with E-state index in [0.29, 0.717) is 18.4 Å². The van der Waals surface area contributed by atoms with Gasteiger partial charge in [0.15, 0.2) is 5.43 Å². The summed E-state index contributed by atoms with van der Waals surface area (Å²) in [4.78, 5) is 22.1. The van der Waals surface area contributed by atoms with E-state index in [-0.39, 0.29) is 11.8 Å². The molecule has 4 heteroatoms. The van der Waals surface area contributed by atoms with Crippen LogP contribution < -0.4 is 5.43 Å². The van der Waals surface area contributed by atoms with Crippen LogP contribution in [0.3, 0.4) is 0 Å². The molecule has 0 fully saturated rings. The van der Waals surface area contributed by atoms with Gasteiger partial charge in [-0.2, -0.15) is 0 Å². The molecule has 0 aliphatic rings. The zero-order chi connectivity index (χ0) is 12.3. The minimum Gasteiger partial charge on any atom is -0.481 e. The number of para-hydroxylation sites is 1. The summed E-state index contributed by atoms with van der Waals surface area (Å²) in [5.41, 5.74) is 0.848. The minimum absolute atomic E-state index is 0.00455. The van der Waals surface area contributed by atoms with Gasteiger partial charge < -0.3 is 9.67 Å². The lowest BCUT2D eigenvalue weighted by Gasteiger charge is -2.09. The van der Waals surface area contributed by atoms with Crippen LogP contribution in [0.25, 0.3) is 10.9 Å². The Labute approximate surface area is 98.1 Å². The lowest BCUT2D eigenvalue weighted by Crippen LogP contribution is -2.08. The number of hydrogen-bond donors (Lipinski definition) is 1. The molecule has 0 atom stereocenters. The summed E-state index contributed by atoms with van der Waals surface area (Å²) in [7, 11) is 0. The molecule has 0 spiro atoms. The van der Waals surface area contributed by atoms with E-state index < -0.39 is 5.97 Å². The molecule has 2 rings (SSSR count). The highest BCUT2D eigenvalue weighted by Crippen LogP contribution is 2.10. The Morgan fingerprint density at radius 3 is 2.76 bits per heavy atom. The third-order valence-electron chi connectivity index (χ3n) is 2.67. The van der Waals surface area contributed by atoms with Crippen molar-refractivity contribution in [2.24, 2.45) is 0 Å². The van der Waals surface area contributed by atoms with Crippen LogP contribution in [0.4, 0.5) is 0 Å². The predicted octanol–water partition coefficient (Wildman–Crippen LogP) is 1.87. The second-order valence-electron chi connectivity index (χ2n) is 3.89. The van der Waals surface area contributed by atoms with Crippen molar-refractivity contribution in [2.75, 3.05) is 0 Å². The molecule has 0 saturated heterocycles. The van der Waals surface area contributed by atoms with Gasteiger partial charge in [0.2, 0.25) is 0 Å². The first-order valence-corrected chi connectivity index (χ1v) is 5.48. The Bertz CT molecular complexity index is 601. The van der Waals surface area contributed by atoms with Crippen molar-refractivity contribution in [1.82, 2.24) is 4.57 Å². The third-order valence-corrected chi connectivity index (χ3v) is 2.67. The van der Waals surface area contributed by atoms with Gasteiger partial charge in [0.05, 0.1) is 5.52 Å². The summed E-state index contributed by atoms with van der Waals surface area (Å²) in [6.45, 7) is 0.604. The fraction of sp³-hybridized carbons (Fsp3) is 0.231. The van der Waals surface area contributed by atoms with Crippen LogP contribution >= 0.6 is 0 Å². The smallest absolute Gasteiger partial charge is 0.303 e. The van der Waals surface area contributed by atoms with Crippen LogP contribution in [0.15, 0.2) is 41.3 Å². The van der Waals surface area contributed by atoms with Crippen LogP contribution in [0, 0.1) is 0 Å². The van der Waals surface area contributed by atoms with E-state index in [0.717, 1.165) is 5.52 Å². The molecular weight excluding hydrogens is 218 g/mol. The largest absolute Gasteiger partial charge is 0.481 e. The number of fused-ring (bicyclic) bond motifs is 1. The number of hydrogen-bond acceptors (Lipinski definition) is 2. The summed E-state index contributed by atoms with van der Waals surface area (Å²) >= 11 is 0. The van der Waals surface area contributed by atoms with Crippen LogP contribution in [-0.4, -0.2) is 15.6 Å². The van der Waals surface area contributed by atoms with Crippen LogP contribution in [0.1, 0.15) is 12.8 Å². The number of aromatic nitrogens is 1. The highest BCUT2D eigenvalue weighted by molar-refractivity contribution is 5.78. The van der Waals surface area contributed by atoms with Crippen molar-refractivity contribution >= 4 is 16.9 Å². The number of rotatable bonds is 4. The number of carboxylic acids is 1. The number of nitrogens with zero attached hydrogens (tertiary/aromatic N) is 1. The van der Waals surface area contributed by atoms with Crippen LogP contribution in [-0.2, 0) is 11.3 Å². The van der Waals surface area contributed by atoms with E-state index in [1.165, 1.54) is 6.07 Å². The molecule has 17 heavy (non-hydrogen) atoms. The molecule has 2 aromatic rings. The highest BCUT2D eigenvalue weighted by Gasteiger charge is 2.02. The summed E-state index contributed by atoms with van der Waals surface area (Å²) in [5.74, 6) is -0.796. The second kappa shape index (κ2) is 4.82. The Balaban J connectivity index is 2.32. The summed E-state index contributed by atoms with van der Waals surface area (Å²) in [5, 5.41) is 9.26. The van der Waals surface area contributed by atoms with Crippen LogP contribution in [0.5, 0.6) is 0 Å². The minimum atomic E-state index is -0.796. The Morgan fingerprint density at radius 1 is 1.24 bits per heavy atom. The molecule has 1 N–H and O–H groups in total. The normalized spacial score (nSPS) is 10.6. The quantitative estimate of drug-likeness (QED) is 0.873. The first kappa shape index (κ1) is 11.4. The van der Waals surface area contributed by atoms with Gasteiger partial charge in [0.25, 0.3) is 0 Å².